The van der Waals surface area contributed by atoms with Crippen LogP contribution in [-0.2, 0) is 10.0 Å². The van der Waals surface area contributed by atoms with Crippen LogP contribution in [0.3, 0.4) is 0 Å². The number of H-pyrrole nitrogens is 1. The van der Waals surface area contributed by atoms with Gasteiger partial charge in [0, 0.05) is 18.9 Å². The van der Waals surface area contributed by atoms with Crippen molar-refractivity contribution in [2.45, 2.75) is 12.2 Å². The van der Waals surface area contributed by atoms with E-state index in [1.807, 2.05) is 0 Å². The van der Waals surface area contributed by atoms with Crippen LogP contribution in [0, 0.1) is 0 Å². The second-order valence-electron chi connectivity index (χ2n) is 2.74. The Labute approximate surface area is 88.8 Å². The maximum Gasteiger partial charge on any atom is 0.211 e. The summed E-state index contributed by atoms with van der Waals surface area (Å²) in [5.74, 6) is 0.734. The van der Waals surface area contributed by atoms with Gasteiger partial charge < -0.3 is 4.98 Å². The van der Waals surface area contributed by atoms with E-state index in [0.29, 0.717) is 5.82 Å². The third-order valence-electron chi connectivity index (χ3n) is 1.71. The molecule has 1 aromatic rings. The second kappa shape index (κ2) is 4.81. The van der Waals surface area contributed by atoms with Gasteiger partial charge in [-0.15, -0.1) is 0 Å². The fourth-order valence-corrected chi connectivity index (χ4v) is 1.85. The molecule has 1 rings (SSSR count). The molecule has 1 unspecified atom stereocenters. The molecule has 14 heavy (non-hydrogen) atoms. The van der Waals surface area contributed by atoms with Crippen LogP contribution in [0.1, 0.15) is 18.0 Å². The number of imidazole rings is 1. The van der Waals surface area contributed by atoms with E-state index >= 15 is 0 Å². The van der Waals surface area contributed by atoms with Gasteiger partial charge in [0.15, 0.2) is 0 Å². The van der Waals surface area contributed by atoms with E-state index in [1.165, 1.54) is 0 Å². The lowest BCUT2D eigenvalue weighted by Crippen LogP contribution is -2.28. The van der Waals surface area contributed by atoms with Crippen LogP contribution in [0.2, 0.25) is 0 Å². The van der Waals surface area contributed by atoms with Crippen LogP contribution in [-0.4, -0.2) is 30.7 Å². The zero-order valence-electron chi connectivity index (χ0n) is 7.77. The van der Waals surface area contributed by atoms with Gasteiger partial charge in [0.2, 0.25) is 10.0 Å². The summed E-state index contributed by atoms with van der Waals surface area (Å²) < 4.78 is 24.6. The molecule has 5 nitrogen and oxygen atoms in total. The van der Waals surface area contributed by atoms with Gasteiger partial charge in [-0.3, -0.25) is 0 Å². The Morgan fingerprint density at radius 3 is 2.93 bits per heavy atom. The van der Waals surface area contributed by atoms with Gasteiger partial charge in [-0.25, -0.2) is 18.1 Å². The van der Waals surface area contributed by atoms with Crippen molar-refractivity contribution in [1.29, 1.82) is 0 Å². The average Bonchev–Trinajstić information content (AvgIpc) is 2.67. The summed E-state index contributed by atoms with van der Waals surface area (Å²) in [4.78, 5) is 6.84. The van der Waals surface area contributed by atoms with Gasteiger partial charge >= 0.3 is 0 Å². The van der Waals surface area contributed by atoms with Crippen molar-refractivity contribution < 1.29 is 8.42 Å². The molecule has 0 aromatic carbocycles. The fourth-order valence-electron chi connectivity index (χ4n) is 0.864. The van der Waals surface area contributed by atoms with Crippen molar-refractivity contribution in [3.05, 3.63) is 18.2 Å². The number of aromatic amines is 1. The Hall–Kier alpha value is -0.530. The number of hydrogen-bond acceptors (Lipinski definition) is 4. The molecule has 0 amide bonds. The molecule has 0 saturated carbocycles. The van der Waals surface area contributed by atoms with Gasteiger partial charge in [0.05, 0.1) is 11.0 Å². The molecule has 2 N–H and O–H groups in total. The number of aromatic nitrogens is 2. The van der Waals surface area contributed by atoms with Crippen molar-refractivity contribution in [2.75, 3.05) is 12.3 Å². The highest BCUT2D eigenvalue weighted by molar-refractivity contribution is 7.89. The monoisotopic (exact) mass is 235 g/mol. The average molecular weight is 235 g/mol. The number of hydrogen-bond donors (Lipinski definition) is 3. The van der Waals surface area contributed by atoms with Crippen LogP contribution in [0.15, 0.2) is 12.4 Å². The van der Waals surface area contributed by atoms with Crippen molar-refractivity contribution in [2.24, 2.45) is 0 Å². The molecule has 0 bridgehead atoms. The predicted octanol–water partition coefficient (Wildman–Crippen LogP) is 0.320. The Bertz CT molecular complexity index is 360. The summed E-state index contributed by atoms with van der Waals surface area (Å²) in [5, 5.41) is -0.244. The highest BCUT2D eigenvalue weighted by Crippen LogP contribution is 2.13. The Kier molecular flexibility index (Phi) is 3.97. The first-order chi connectivity index (χ1) is 6.55. The number of nitrogens with zero attached hydrogens (tertiary/aromatic N) is 1. The number of nitrogens with one attached hydrogen (secondary N) is 2. The van der Waals surface area contributed by atoms with Crippen molar-refractivity contribution >= 4 is 22.7 Å². The van der Waals surface area contributed by atoms with Crippen LogP contribution >= 0.6 is 12.6 Å². The standard InChI is InChI=1S/C7H13N3O2S2/c1-2-14(11,12)10-5-6(13)7-8-3-4-9-7/h3-4,6,10,13H,2,5H2,1H3,(H,8,9). The smallest absolute Gasteiger partial charge is 0.211 e. The lowest BCUT2D eigenvalue weighted by atomic mass is 10.4. The second-order valence-corrected chi connectivity index (χ2v) is 5.46. The Morgan fingerprint density at radius 2 is 2.43 bits per heavy atom. The van der Waals surface area contributed by atoms with Crippen LogP contribution in [0.25, 0.3) is 0 Å². The number of rotatable bonds is 5. The first-order valence-electron chi connectivity index (χ1n) is 4.20. The molecule has 80 valence electrons. The third-order valence-corrected chi connectivity index (χ3v) is 3.51. The van der Waals surface area contributed by atoms with E-state index in [2.05, 4.69) is 27.3 Å². The minimum Gasteiger partial charge on any atom is -0.348 e. The molecule has 1 heterocycles. The third kappa shape index (κ3) is 3.32. The van der Waals surface area contributed by atoms with E-state index in [0.717, 1.165) is 0 Å². The minimum atomic E-state index is -3.15. The maximum atomic E-state index is 11.1. The number of thiol groups is 1. The van der Waals surface area contributed by atoms with Crippen LogP contribution in [0.4, 0.5) is 0 Å². The van der Waals surface area contributed by atoms with Crippen LogP contribution in [0.5, 0.6) is 0 Å². The van der Waals surface area contributed by atoms with Gasteiger partial charge in [-0.05, 0) is 6.92 Å². The molecule has 0 fully saturated rings. The van der Waals surface area contributed by atoms with E-state index in [1.54, 1.807) is 19.3 Å². The molecule has 0 aliphatic rings. The molecule has 7 heteroatoms. The molecular formula is C7H13N3O2S2. The molecule has 0 aliphatic carbocycles. The Balaban J connectivity index is 2.47. The minimum absolute atomic E-state index is 0.0751. The molecule has 0 spiro atoms. The molecular weight excluding hydrogens is 222 g/mol. The van der Waals surface area contributed by atoms with E-state index in [-0.39, 0.29) is 17.5 Å². The Morgan fingerprint density at radius 1 is 1.71 bits per heavy atom. The van der Waals surface area contributed by atoms with Gasteiger partial charge in [0.25, 0.3) is 0 Å². The van der Waals surface area contributed by atoms with Crippen LogP contribution < -0.4 is 4.72 Å². The normalized spacial score (nSPS) is 14.1. The lowest BCUT2D eigenvalue weighted by molar-refractivity contribution is 0.581. The first kappa shape index (κ1) is 11.5. The first-order valence-corrected chi connectivity index (χ1v) is 6.36. The van der Waals surface area contributed by atoms with Crippen molar-refractivity contribution in [3.8, 4) is 0 Å². The molecule has 0 aliphatic heterocycles. The highest BCUT2D eigenvalue weighted by atomic mass is 32.2. The van der Waals surface area contributed by atoms with Gasteiger partial charge in [-0.1, -0.05) is 0 Å². The van der Waals surface area contributed by atoms with Crippen molar-refractivity contribution in [1.82, 2.24) is 14.7 Å². The molecule has 1 aromatic heterocycles. The summed E-state index contributed by atoms with van der Waals surface area (Å²) in [5.41, 5.74) is 0. The number of sulfonamides is 1. The summed E-state index contributed by atoms with van der Waals surface area (Å²) in [6, 6.07) is 0. The summed E-state index contributed by atoms with van der Waals surface area (Å²) in [6.07, 6.45) is 3.28. The SMILES string of the molecule is CCS(=O)(=O)NCC(S)c1ncc[nH]1. The zero-order chi connectivity index (χ0) is 10.6. The van der Waals surface area contributed by atoms with Crippen molar-refractivity contribution in [3.63, 3.8) is 0 Å². The topological polar surface area (TPSA) is 74.8 Å². The molecule has 1 atom stereocenters. The summed E-state index contributed by atoms with van der Waals surface area (Å²) in [6.45, 7) is 1.83. The summed E-state index contributed by atoms with van der Waals surface area (Å²) in [7, 11) is -3.15. The quantitative estimate of drug-likeness (QED) is 0.643. The van der Waals surface area contributed by atoms with Gasteiger partial charge in [0.1, 0.15) is 5.82 Å². The van der Waals surface area contributed by atoms with E-state index in [4.69, 9.17) is 0 Å². The maximum absolute atomic E-state index is 11.1. The lowest BCUT2D eigenvalue weighted by Gasteiger charge is -2.08. The largest absolute Gasteiger partial charge is 0.348 e. The molecule has 0 saturated heterocycles. The fraction of sp³-hybridized carbons (Fsp3) is 0.571. The van der Waals surface area contributed by atoms with E-state index < -0.39 is 10.0 Å². The molecule has 0 radical (unpaired) electrons. The summed E-state index contributed by atoms with van der Waals surface area (Å²) >= 11 is 4.22. The van der Waals surface area contributed by atoms with E-state index in [9.17, 15) is 8.42 Å². The predicted molar refractivity (Wildman–Crippen MR) is 57.8 cm³/mol. The van der Waals surface area contributed by atoms with Gasteiger partial charge in [-0.2, -0.15) is 12.6 Å². The zero-order valence-corrected chi connectivity index (χ0v) is 9.48. The highest BCUT2D eigenvalue weighted by Gasteiger charge is 2.12.